The molecule has 0 unspecified atom stereocenters. The number of halogens is 1. The Morgan fingerprint density at radius 2 is 1.95 bits per heavy atom. The summed E-state index contributed by atoms with van der Waals surface area (Å²) >= 11 is 0. The predicted octanol–water partition coefficient (Wildman–Crippen LogP) is 0.980. The Hall–Kier alpha value is -1.41. The van der Waals surface area contributed by atoms with Crippen LogP contribution in [0.4, 0.5) is 0 Å². The van der Waals surface area contributed by atoms with E-state index in [1.807, 2.05) is 30.3 Å². The van der Waals surface area contributed by atoms with Crippen LogP contribution < -0.4 is 10.5 Å². The van der Waals surface area contributed by atoms with Crippen LogP contribution in [0.15, 0.2) is 47.6 Å². The molecule has 2 rings (SSSR count). The highest BCUT2D eigenvalue weighted by atomic mass is 35.5. The van der Waals surface area contributed by atoms with Gasteiger partial charge in [0.05, 0.1) is 12.7 Å². The van der Waals surface area contributed by atoms with Gasteiger partial charge >= 0.3 is 0 Å². The Bertz CT molecular complexity index is 643. The monoisotopic (exact) mass is 330 g/mol. The highest BCUT2D eigenvalue weighted by Crippen LogP contribution is 2.09. The number of benzene rings is 1. The molecule has 1 aromatic carbocycles. The van der Waals surface area contributed by atoms with Crippen LogP contribution in [0, 0.1) is 0 Å². The highest BCUT2D eigenvalue weighted by Gasteiger charge is 2.15. The maximum atomic E-state index is 12.0. The fourth-order valence-electron chi connectivity index (χ4n) is 1.73. The van der Waals surface area contributed by atoms with Crippen molar-refractivity contribution in [1.82, 2.24) is 14.5 Å². The van der Waals surface area contributed by atoms with Gasteiger partial charge in [-0.1, -0.05) is 30.3 Å². The third-order valence-electron chi connectivity index (χ3n) is 2.78. The van der Waals surface area contributed by atoms with Gasteiger partial charge in [0.1, 0.15) is 4.90 Å². The summed E-state index contributed by atoms with van der Waals surface area (Å²) in [6.45, 7) is 1.33. The first-order valence-corrected chi connectivity index (χ1v) is 7.86. The molecule has 0 radical (unpaired) electrons. The Morgan fingerprint density at radius 1 is 1.24 bits per heavy atom. The zero-order valence-electron chi connectivity index (χ0n) is 11.5. The summed E-state index contributed by atoms with van der Waals surface area (Å²) < 4.78 is 28.0. The van der Waals surface area contributed by atoms with Gasteiger partial charge in [-0.15, -0.1) is 12.4 Å². The molecule has 0 atom stereocenters. The van der Waals surface area contributed by atoms with Gasteiger partial charge in [0.25, 0.3) is 0 Å². The molecule has 0 fully saturated rings. The van der Waals surface area contributed by atoms with Crippen molar-refractivity contribution in [2.24, 2.45) is 5.73 Å². The molecule has 2 aromatic rings. The highest BCUT2D eigenvalue weighted by molar-refractivity contribution is 7.89. The minimum Gasteiger partial charge on any atom is -0.330 e. The lowest BCUT2D eigenvalue weighted by Gasteiger charge is -2.03. The first-order valence-electron chi connectivity index (χ1n) is 6.38. The van der Waals surface area contributed by atoms with Crippen LogP contribution in [0.1, 0.15) is 12.0 Å². The maximum absolute atomic E-state index is 12.0. The summed E-state index contributed by atoms with van der Waals surface area (Å²) in [5.41, 5.74) is 6.40. The second-order valence-electron chi connectivity index (χ2n) is 4.40. The number of nitrogens with one attached hydrogen (secondary N) is 1. The molecule has 116 valence electrons. The first kappa shape index (κ1) is 17.6. The molecule has 21 heavy (non-hydrogen) atoms. The molecule has 1 aromatic heterocycles. The molecule has 0 aliphatic rings. The quantitative estimate of drug-likeness (QED) is 0.740. The van der Waals surface area contributed by atoms with Gasteiger partial charge < -0.3 is 5.73 Å². The fourth-order valence-corrected chi connectivity index (χ4v) is 2.76. The van der Waals surface area contributed by atoms with Gasteiger partial charge in [-0.3, -0.25) is 4.68 Å². The van der Waals surface area contributed by atoms with E-state index in [1.165, 1.54) is 12.4 Å². The average Bonchev–Trinajstić information content (AvgIpc) is 2.89. The molecule has 1 heterocycles. The second kappa shape index (κ2) is 8.14. The topological polar surface area (TPSA) is 90.0 Å². The van der Waals surface area contributed by atoms with Crippen LogP contribution in [0.3, 0.4) is 0 Å². The minimum absolute atomic E-state index is 0. The number of sulfonamides is 1. The Morgan fingerprint density at radius 3 is 2.62 bits per heavy atom. The molecule has 0 aliphatic carbocycles. The third kappa shape index (κ3) is 5.13. The maximum Gasteiger partial charge on any atom is 0.243 e. The molecule has 0 bridgehead atoms. The van der Waals surface area contributed by atoms with E-state index in [2.05, 4.69) is 9.82 Å². The zero-order chi connectivity index (χ0) is 14.4. The van der Waals surface area contributed by atoms with Crippen molar-refractivity contribution in [3.05, 3.63) is 48.3 Å². The number of hydrogen-bond donors (Lipinski definition) is 2. The Balaban J connectivity index is 0.00000220. The SMILES string of the molecule is Cl.NCCCNS(=O)(=O)c1cnn(Cc2ccccc2)c1. The normalized spacial score (nSPS) is 11.1. The van der Waals surface area contributed by atoms with E-state index in [1.54, 1.807) is 4.68 Å². The summed E-state index contributed by atoms with van der Waals surface area (Å²) in [7, 11) is -3.49. The third-order valence-corrected chi connectivity index (χ3v) is 4.20. The van der Waals surface area contributed by atoms with Gasteiger partial charge in [0.2, 0.25) is 10.0 Å². The number of nitrogens with zero attached hydrogens (tertiary/aromatic N) is 2. The number of rotatable bonds is 7. The largest absolute Gasteiger partial charge is 0.330 e. The molecular formula is C13H19ClN4O2S. The summed E-state index contributed by atoms with van der Waals surface area (Å²) in [4.78, 5) is 0.172. The van der Waals surface area contributed by atoms with Crippen LogP contribution >= 0.6 is 12.4 Å². The van der Waals surface area contributed by atoms with E-state index >= 15 is 0 Å². The van der Waals surface area contributed by atoms with Gasteiger partial charge in [0.15, 0.2) is 0 Å². The van der Waals surface area contributed by atoms with Crippen molar-refractivity contribution in [2.45, 2.75) is 17.9 Å². The van der Waals surface area contributed by atoms with Gasteiger partial charge in [-0.05, 0) is 18.5 Å². The van der Waals surface area contributed by atoms with E-state index in [4.69, 9.17) is 5.73 Å². The van der Waals surface area contributed by atoms with E-state index in [0.717, 1.165) is 5.56 Å². The number of aromatic nitrogens is 2. The molecule has 0 aliphatic heterocycles. The van der Waals surface area contributed by atoms with Gasteiger partial charge in [-0.2, -0.15) is 5.10 Å². The Labute approximate surface area is 130 Å². The molecule has 0 saturated heterocycles. The predicted molar refractivity (Wildman–Crippen MR) is 83.9 cm³/mol. The summed E-state index contributed by atoms with van der Waals surface area (Å²) in [5.74, 6) is 0. The van der Waals surface area contributed by atoms with Crippen LogP contribution in [0.5, 0.6) is 0 Å². The summed E-state index contributed by atoms with van der Waals surface area (Å²) in [6.07, 6.45) is 3.49. The van der Waals surface area contributed by atoms with E-state index in [0.29, 0.717) is 26.1 Å². The standard InChI is InChI=1S/C13H18N4O2S.ClH/c14-7-4-8-16-20(18,19)13-9-15-17(11-13)10-12-5-2-1-3-6-12;/h1-3,5-6,9,11,16H,4,7-8,10,14H2;1H. The number of nitrogens with two attached hydrogens (primary N) is 1. The summed E-state index contributed by atoms with van der Waals surface area (Å²) in [5, 5.41) is 4.08. The van der Waals surface area contributed by atoms with Crippen molar-refractivity contribution >= 4 is 22.4 Å². The average molecular weight is 331 g/mol. The van der Waals surface area contributed by atoms with Crippen LogP contribution in [-0.2, 0) is 16.6 Å². The number of hydrogen-bond acceptors (Lipinski definition) is 4. The van der Waals surface area contributed by atoms with E-state index in [-0.39, 0.29) is 17.3 Å². The molecular weight excluding hydrogens is 312 g/mol. The lowest BCUT2D eigenvalue weighted by molar-refractivity contribution is 0.579. The van der Waals surface area contributed by atoms with Crippen molar-refractivity contribution in [3.63, 3.8) is 0 Å². The van der Waals surface area contributed by atoms with Gasteiger partial charge in [-0.25, -0.2) is 13.1 Å². The molecule has 3 N–H and O–H groups in total. The molecule has 8 heteroatoms. The molecule has 0 amide bonds. The van der Waals surface area contributed by atoms with Crippen LogP contribution in [0.25, 0.3) is 0 Å². The van der Waals surface area contributed by atoms with E-state index in [9.17, 15) is 8.42 Å². The van der Waals surface area contributed by atoms with Crippen molar-refractivity contribution in [1.29, 1.82) is 0 Å². The smallest absolute Gasteiger partial charge is 0.243 e. The van der Waals surface area contributed by atoms with E-state index < -0.39 is 10.0 Å². The van der Waals surface area contributed by atoms with Crippen LogP contribution in [0.2, 0.25) is 0 Å². The van der Waals surface area contributed by atoms with Gasteiger partial charge in [0, 0.05) is 12.7 Å². The molecule has 6 nitrogen and oxygen atoms in total. The summed E-state index contributed by atoms with van der Waals surface area (Å²) in [6, 6.07) is 9.74. The first-order chi connectivity index (χ1) is 9.62. The lowest BCUT2D eigenvalue weighted by Crippen LogP contribution is -2.25. The van der Waals surface area contributed by atoms with Crippen molar-refractivity contribution in [3.8, 4) is 0 Å². The second-order valence-corrected chi connectivity index (χ2v) is 6.17. The zero-order valence-corrected chi connectivity index (χ0v) is 13.1. The van der Waals surface area contributed by atoms with Crippen molar-refractivity contribution in [2.75, 3.05) is 13.1 Å². The lowest BCUT2D eigenvalue weighted by atomic mass is 10.2. The molecule has 0 saturated carbocycles. The fraction of sp³-hybridized carbons (Fsp3) is 0.308. The van der Waals surface area contributed by atoms with Crippen LogP contribution in [-0.4, -0.2) is 31.3 Å². The van der Waals surface area contributed by atoms with Crippen molar-refractivity contribution < 1.29 is 8.42 Å². The minimum atomic E-state index is -3.49. The Kier molecular flexibility index (Phi) is 6.83. The molecule has 0 spiro atoms.